The number of carbonyl (C=O) groups is 2. The van der Waals surface area contributed by atoms with E-state index < -0.39 is 12.0 Å². The third kappa shape index (κ3) is 4.04. The number of para-hydroxylation sites is 1. The zero-order valence-electron chi connectivity index (χ0n) is 22.5. The minimum Gasteiger partial charge on any atom is -0.463 e. The van der Waals surface area contributed by atoms with E-state index in [0.717, 1.165) is 22.4 Å². The molecule has 0 N–H and O–H groups in total. The molecule has 0 spiro atoms. The molecule has 0 bridgehead atoms. The lowest BCUT2D eigenvalue weighted by molar-refractivity contribution is -0.139. The Hall–Kier alpha value is -3.78. The summed E-state index contributed by atoms with van der Waals surface area (Å²) in [6.45, 7) is 12.5. The normalized spacial score (nSPS) is 18.3. The summed E-state index contributed by atoms with van der Waals surface area (Å²) in [7, 11) is 0. The molecule has 7 nitrogen and oxygen atoms in total. The number of hydrogen-bond acceptors (Lipinski definition) is 6. The van der Waals surface area contributed by atoms with Gasteiger partial charge in [0.05, 0.1) is 35.2 Å². The van der Waals surface area contributed by atoms with Gasteiger partial charge in [0.25, 0.3) is 11.5 Å². The van der Waals surface area contributed by atoms with Crippen molar-refractivity contribution in [1.82, 2.24) is 4.57 Å². The van der Waals surface area contributed by atoms with Gasteiger partial charge in [0.2, 0.25) is 0 Å². The van der Waals surface area contributed by atoms with Crippen molar-refractivity contribution in [2.75, 3.05) is 18.1 Å². The van der Waals surface area contributed by atoms with Crippen molar-refractivity contribution >= 4 is 34.5 Å². The van der Waals surface area contributed by atoms with Gasteiger partial charge in [-0.05, 0) is 43.4 Å². The van der Waals surface area contributed by atoms with Crippen LogP contribution in [-0.4, -0.2) is 29.6 Å². The Bertz CT molecular complexity index is 1670. The molecule has 0 radical (unpaired) electrons. The van der Waals surface area contributed by atoms with Crippen molar-refractivity contribution in [1.29, 1.82) is 0 Å². The summed E-state index contributed by atoms with van der Waals surface area (Å²) in [5.41, 5.74) is 4.26. The van der Waals surface area contributed by atoms with Crippen LogP contribution >= 0.6 is 11.3 Å². The fourth-order valence-corrected chi connectivity index (χ4v) is 6.27. The SMILES string of the molecule is CCOC(=O)C1=C(C)N=c2sc(=C3C(=O)N(CC)c4ccccc43)c(=O)n2C1c1ccc(C(C)(C)C)cc1. The predicted octanol–water partition coefficient (Wildman–Crippen LogP) is 3.83. The number of esters is 1. The molecule has 1 atom stereocenters. The first-order chi connectivity index (χ1) is 18.1. The largest absolute Gasteiger partial charge is 0.463 e. The quantitative estimate of drug-likeness (QED) is 0.481. The second-order valence-corrected chi connectivity index (χ2v) is 11.4. The van der Waals surface area contributed by atoms with Crippen molar-refractivity contribution in [3.05, 3.63) is 96.2 Å². The molecule has 0 aliphatic carbocycles. The van der Waals surface area contributed by atoms with Crippen LogP contribution in [0.4, 0.5) is 5.69 Å². The summed E-state index contributed by atoms with van der Waals surface area (Å²) >= 11 is 1.19. The molecular formula is C30H31N3O4S. The topological polar surface area (TPSA) is 81.0 Å². The maximum Gasteiger partial charge on any atom is 0.338 e. The first-order valence-electron chi connectivity index (χ1n) is 12.8. The number of allylic oxidation sites excluding steroid dienone is 1. The zero-order valence-corrected chi connectivity index (χ0v) is 23.3. The lowest BCUT2D eigenvalue weighted by Gasteiger charge is -2.26. The van der Waals surface area contributed by atoms with Crippen LogP contribution in [0.3, 0.4) is 0 Å². The maximum absolute atomic E-state index is 14.1. The molecule has 0 saturated carbocycles. The maximum atomic E-state index is 14.1. The summed E-state index contributed by atoms with van der Waals surface area (Å²) in [4.78, 5) is 47.6. The zero-order chi connectivity index (χ0) is 27.4. The minimum atomic E-state index is -0.720. The Morgan fingerprint density at radius 2 is 1.74 bits per heavy atom. The van der Waals surface area contributed by atoms with E-state index in [2.05, 4.69) is 25.8 Å². The van der Waals surface area contributed by atoms with Gasteiger partial charge in [0.1, 0.15) is 4.53 Å². The smallest absolute Gasteiger partial charge is 0.338 e. The van der Waals surface area contributed by atoms with Crippen LogP contribution in [0.1, 0.15) is 64.3 Å². The van der Waals surface area contributed by atoms with E-state index in [-0.39, 0.29) is 23.5 Å². The van der Waals surface area contributed by atoms with Crippen molar-refractivity contribution in [3.8, 4) is 0 Å². The molecule has 8 heteroatoms. The van der Waals surface area contributed by atoms with Gasteiger partial charge in [-0.1, -0.05) is 74.6 Å². The fourth-order valence-electron chi connectivity index (χ4n) is 5.14. The van der Waals surface area contributed by atoms with E-state index in [9.17, 15) is 14.4 Å². The molecule has 3 heterocycles. The van der Waals surface area contributed by atoms with Crippen LogP contribution < -0.4 is 19.8 Å². The van der Waals surface area contributed by atoms with Crippen molar-refractivity contribution < 1.29 is 14.3 Å². The monoisotopic (exact) mass is 529 g/mol. The molecule has 1 unspecified atom stereocenters. The summed E-state index contributed by atoms with van der Waals surface area (Å²) < 4.78 is 7.27. The van der Waals surface area contributed by atoms with Crippen LogP contribution in [0, 0.1) is 0 Å². The van der Waals surface area contributed by atoms with E-state index in [1.807, 2.05) is 55.5 Å². The van der Waals surface area contributed by atoms with Gasteiger partial charge in [0.15, 0.2) is 4.80 Å². The average molecular weight is 530 g/mol. The number of likely N-dealkylation sites (N-methyl/N-ethyl adjacent to an activating group) is 1. The van der Waals surface area contributed by atoms with Crippen molar-refractivity contribution in [2.45, 2.75) is 53.0 Å². The number of nitrogens with zero attached hydrogens (tertiary/aromatic N) is 3. The van der Waals surface area contributed by atoms with E-state index >= 15 is 0 Å². The molecule has 38 heavy (non-hydrogen) atoms. The van der Waals surface area contributed by atoms with Crippen LogP contribution in [0.5, 0.6) is 0 Å². The number of fused-ring (bicyclic) bond motifs is 2. The number of ether oxygens (including phenoxy) is 1. The Morgan fingerprint density at radius 3 is 2.37 bits per heavy atom. The number of carbonyl (C=O) groups excluding carboxylic acids is 2. The first-order valence-corrected chi connectivity index (χ1v) is 13.6. The van der Waals surface area contributed by atoms with Crippen molar-refractivity contribution in [3.63, 3.8) is 0 Å². The third-order valence-electron chi connectivity index (χ3n) is 7.05. The van der Waals surface area contributed by atoms with Gasteiger partial charge in [-0.25, -0.2) is 9.79 Å². The van der Waals surface area contributed by atoms with Gasteiger partial charge >= 0.3 is 5.97 Å². The van der Waals surface area contributed by atoms with Gasteiger partial charge in [-0.15, -0.1) is 0 Å². The van der Waals surface area contributed by atoms with E-state index in [0.29, 0.717) is 32.7 Å². The highest BCUT2D eigenvalue weighted by Crippen LogP contribution is 2.35. The molecular weight excluding hydrogens is 498 g/mol. The average Bonchev–Trinajstić information content (AvgIpc) is 3.34. The van der Waals surface area contributed by atoms with Gasteiger partial charge in [-0.3, -0.25) is 14.2 Å². The molecule has 2 aliphatic heterocycles. The number of benzene rings is 2. The van der Waals surface area contributed by atoms with Crippen LogP contribution in [0.15, 0.2) is 69.6 Å². The highest BCUT2D eigenvalue weighted by atomic mass is 32.1. The molecule has 1 amide bonds. The van der Waals surface area contributed by atoms with Crippen LogP contribution in [0.2, 0.25) is 0 Å². The Balaban J connectivity index is 1.79. The molecule has 0 fully saturated rings. The number of amides is 1. The number of aromatic nitrogens is 1. The summed E-state index contributed by atoms with van der Waals surface area (Å²) in [6, 6.07) is 14.8. The highest BCUT2D eigenvalue weighted by molar-refractivity contribution is 7.07. The second kappa shape index (κ2) is 9.51. The summed E-state index contributed by atoms with van der Waals surface area (Å²) in [5.74, 6) is -0.706. The summed E-state index contributed by atoms with van der Waals surface area (Å²) in [5, 5.41) is 0. The number of thiazole rings is 1. The lowest BCUT2D eigenvalue weighted by Crippen LogP contribution is -2.41. The molecule has 196 valence electrons. The first kappa shape index (κ1) is 25.9. The molecule has 5 rings (SSSR count). The molecule has 1 aromatic heterocycles. The van der Waals surface area contributed by atoms with Gasteiger partial charge in [-0.2, -0.15) is 0 Å². The van der Waals surface area contributed by atoms with E-state index in [4.69, 9.17) is 4.74 Å². The second-order valence-electron chi connectivity index (χ2n) is 10.4. The van der Waals surface area contributed by atoms with E-state index in [1.54, 1.807) is 23.3 Å². The van der Waals surface area contributed by atoms with Crippen molar-refractivity contribution in [2.24, 2.45) is 4.99 Å². The third-order valence-corrected chi connectivity index (χ3v) is 8.10. The Morgan fingerprint density at radius 1 is 1.05 bits per heavy atom. The Kier molecular flexibility index (Phi) is 6.47. The van der Waals surface area contributed by atoms with Crippen LogP contribution in [0.25, 0.3) is 5.57 Å². The van der Waals surface area contributed by atoms with Gasteiger partial charge < -0.3 is 9.64 Å². The standard InChI is InChI=1S/C30H31N3O4S/c1-7-32-21-12-10-9-11-20(21)23(26(32)34)25-27(35)33-24(18-13-15-19(16-14-18)30(4,5)6)22(28(36)37-8-2)17(3)31-29(33)38-25/h9-16,24H,7-8H2,1-6H3. The lowest BCUT2D eigenvalue weighted by atomic mass is 9.85. The number of hydrogen-bond donors (Lipinski definition) is 0. The molecule has 0 saturated heterocycles. The molecule has 3 aromatic rings. The fraction of sp³-hybridized carbons (Fsp3) is 0.333. The molecule has 2 aromatic carbocycles. The Labute approximate surface area is 225 Å². The number of rotatable bonds is 4. The minimum absolute atomic E-state index is 0.0499. The van der Waals surface area contributed by atoms with E-state index in [1.165, 1.54) is 11.3 Å². The van der Waals surface area contributed by atoms with Crippen LogP contribution in [-0.2, 0) is 19.7 Å². The van der Waals surface area contributed by atoms with Gasteiger partial charge in [0, 0.05) is 12.1 Å². The highest BCUT2D eigenvalue weighted by Gasteiger charge is 2.37. The summed E-state index contributed by atoms with van der Waals surface area (Å²) in [6.07, 6.45) is 0. The molecule has 2 aliphatic rings. The predicted molar refractivity (Wildman–Crippen MR) is 149 cm³/mol. The number of anilines is 1.